The van der Waals surface area contributed by atoms with Gasteiger partial charge in [-0.15, -0.1) is 0 Å². The molecule has 0 fully saturated rings. The molecule has 0 bridgehead atoms. The predicted molar refractivity (Wildman–Crippen MR) is 60.5 cm³/mol. The summed E-state index contributed by atoms with van der Waals surface area (Å²) >= 11 is 0. The molecule has 0 radical (unpaired) electrons. The number of nitrogens with one attached hydrogen (secondary N) is 1. The first kappa shape index (κ1) is 12.4. The Bertz CT molecular complexity index is 169. The van der Waals surface area contributed by atoms with E-state index in [9.17, 15) is 0 Å². The van der Waals surface area contributed by atoms with Crippen molar-refractivity contribution in [1.29, 1.82) is 0 Å². The normalized spacial score (nSPS) is 13.2. The topological polar surface area (TPSA) is 24.4 Å². The number of hydrogen-bond acceptors (Lipinski definition) is 2. The molecule has 0 rings (SSSR count). The van der Waals surface area contributed by atoms with Gasteiger partial charge in [0.25, 0.3) is 0 Å². The summed E-state index contributed by atoms with van der Waals surface area (Å²) in [5.74, 6) is 0.634. The first-order valence-electron chi connectivity index (χ1n) is 4.98. The summed E-state index contributed by atoms with van der Waals surface area (Å²) in [6.45, 7) is 5.55. The molecule has 0 saturated heterocycles. The van der Waals surface area contributed by atoms with E-state index in [0.717, 1.165) is 6.54 Å². The molecular weight excluding hydrogens is 160 g/mol. The minimum Gasteiger partial charge on any atom is -0.320 e. The van der Waals surface area contributed by atoms with Gasteiger partial charge in [-0.3, -0.25) is 4.99 Å². The Labute approximate surface area is 82.1 Å². The van der Waals surface area contributed by atoms with Gasteiger partial charge in [0, 0.05) is 13.3 Å². The highest BCUT2D eigenvalue weighted by atomic mass is 14.8. The van der Waals surface area contributed by atoms with Crippen LogP contribution in [0.25, 0.3) is 0 Å². The number of nitrogens with zero attached hydrogens (tertiary/aromatic N) is 1. The monoisotopic (exact) mass is 182 g/mol. The standard InChI is InChI=1S/C11H22N2/c1-10(2)11(7-9-13-4)6-5-8-12-3/h7,9-10,12H,5-6,8H2,1-4H3/b11-7+,13-9?. The highest BCUT2D eigenvalue weighted by Crippen LogP contribution is 2.14. The SMILES string of the molecule is CN=C/C=C(\CCCNC)C(C)C. The quantitative estimate of drug-likeness (QED) is 0.494. The molecule has 0 heterocycles. The molecule has 0 aromatic heterocycles. The molecular formula is C11H22N2. The second-order valence-corrected chi connectivity index (χ2v) is 3.51. The lowest BCUT2D eigenvalue weighted by Gasteiger charge is -2.09. The molecule has 0 atom stereocenters. The molecule has 2 nitrogen and oxygen atoms in total. The van der Waals surface area contributed by atoms with E-state index >= 15 is 0 Å². The van der Waals surface area contributed by atoms with E-state index in [2.05, 4.69) is 30.2 Å². The van der Waals surface area contributed by atoms with Gasteiger partial charge in [0.05, 0.1) is 0 Å². The molecule has 76 valence electrons. The maximum Gasteiger partial charge on any atom is 0.0277 e. The van der Waals surface area contributed by atoms with Gasteiger partial charge in [-0.25, -0.2) is 0 Å². The van der Waals surface area contributed by atoms with E-state index in [-0.39, 0.29) is 0 Å². The van der Waals surface area contributed by atoms with Crippen molar-refractivity contribution >= 4 is 6.21 Å². The Hall–Kier alpha value is -0.630. The first-order chi connectivity index (χ1) is 6.22. The summed E-state index contributed by atoms with van der Waals surface area (Å²) in [6, 6.07) is 0. The van der Waals surface area contributed by atoms with Crippen LogP contribution in [0.1, 0.15) is 26.7 Å². The minimum atomic E-state index is 0.634. The summed E-state index contributed by atoms with van der Waals surface area (Å²) in [6.07, 6.45) is 6.40. The third-order valence-corrected chi connectivity index (χ3v) is 2.07. The van der Waals surface area contributed by atoms with Crippen molar-refractivity contribution in [3.8, 4) is 0 Å². The highest BCUT2D eigenvalue weighted by molar-refractivity contribution is 5.72. The molecule has 0 unspecified atom stereocenters. The fourth-order valence-corrected chi connectivity index (χ4v) is 1.20. The van der Waals surface area contributed by atoms with Gasteiger partial charge in [0.15, 0.2) is 0 Å². The lowest BCUT2D eigenvalue weighted by atomic mass is 9.98. The van der Waals surface area contributed by atoms with Gasteiger partial charge in [-0.05, 0) is 38.4 Å². The van der Waals surface area contributed by atoms with E-state index in [1.165, 1.54) is 18.4 Å². The van der Waals surface area contributed by atoms with E-state index in [1.807, 2.05) is 20.3 Å². The fraction of sp³-hybridized carbons (Fsp3) is 0.727. The minimum absolute atomic E-state index is 0.634. The van der Waals surface area contributed by atoms with Crippen LogP contribution in [-0.2, 0) is 0 Å². The largest absolute Gasteiger partial charge is 0.320 e. The maximum atomic E-state index is 3.97. The molecule has 0 aliphatic heterocycles. The van der Waals surface area contributed by atoms with Crippen LogP contribution in [0.3, 0.4) is 0 Å². The molecule has 0 aliphatic carbocycles. The zero-order valence-electron chi connectivity index (χ0n) is 9.30. The Morgan fingerprint density at radius 3 is 2.62 bits per heavy atom. The van der Waals surface area contributed by atoms with Crippen molar-refractivity contribution in [3.05, 3.63) is 11.6 Å². The first-order valence-corrected chi connectivity index (χ1v) is 4.98. The summed E-state index contributed by atoms with van der Waals surface area (Å²) in [4.78, 5) is 3.97. The third-order valence-electron chi connectivity index (χ3n) is 2.07. The molecule has 13 heavy (non-hydrogen) atoms. The van der Waals surface area contributed by atoms with Crippen molar-refractivity contribution in [2.45, 2.75) is 26.7 Å². The van der Waals surface area contributed by atoms with Gasteiger partial charge < -0.3 is 5.32 Å². The number of rotatable bonds is 6. The van der Waals surface area contributed by atoms with Crippen LogP contribution >= 0.6 is 0 Å². The summed E-state index contributed by atoms with van der Waals surface area (Å²) in [7, 11) is 3.80. The van der Waals surface area contributed by atoms with Crippen LogP contribution in [0.15, 0.2) is 16.6 Å². The van der Waals surface area contributed by atoms with Crippen LogP contribution in [0.5, 0.6) is 0 Å². The number of aliphatic imine (C=N–C) groups is 1. The molecule has 2 heteroatoms. The van der Waals surface area contributed by atoms with Crippen molar-refractivity contribution in [2.75, 3.05) is 20.6 Å². The van der Waals surface area contributed by atoms with Gasteiger partial charge in [0.2, 0.25) is 0 Å². The molecule has 0 saturated carbocycles. The average molecular weight is 182 g/mol. The Morgan fingerprint density at radius 2 is 2.15 bits per heavy atom. The van der Waals surface area contributed by atoms with Crippen molar-refractivity contribution in [1.82, 2.24) is 5.32 Å². The molecule has 0 spiro atoms. The third kappa shape index (κ3) is 6.52. The van der Waals surface area contributed by atoms with Crippen LogP contribution in [0, 0.1) is 5.92 Å². The average Bonchev–Trinajstić information content (AvgIpc) is 2.10. The van der Waals surface area contributed by atoms with E-state index in [0.29, 0.717) is 5.92 Å². The van der Waals surface area contributed by atoms with Crippen LogP contribution < -0.4 is 5.32 Å². The second kappa shape index (κ2) is 7.99. The van der Waals surface area contributed by atoms with Gasteiger partial charge in [-0.1, -0.05) is 19.4 Å². The van der Waals surface area contributed by atoms with Crippen molar-refractivity contribution < 1.29 is 0 Å². The Kier molecular flexibility index (Phi) is 7.60. The highest BCUT2D eigenvalue weighted by Gasteiger charge is 2.01. The van der Waals surface area contributed by atoms with Crippen LogP contribution in [0.4, 0.5) is 0 Å². The van der Waals surface area contributed by atoms with Gasteiger partial charge >= 0.3 is 0 Å². The number of hydrogen-bond donors (Lipinski definition) is 1. The second-order valence-electron chi connectivity index (χ2n) is 3.51. The zero-order chi connectivity index (χ0) is 10.1. The molecule has 0 amide bonds. The van der Waals surface area contributed by atoms with E-state index in [4.69, 9.17) is 0 Å². The molecule has 1 N–H and O–H groups in total. The predicted octanol–water partition coefficient (Wildman–Crippen LogP) is 2.27. The summed E-state index contributed by atoms with van der Waals surface area (Å²) in [5.41, 5.74) is 1.49. The zero-order valence-corrected chi connectivity index (χ0v) is 9.30. The fourth-order valence-electron chi connectivity index (χ4n) is 1.20. The van der Waals surface area contributed by atoms with Crippen LogP contribution in [0.2, 0.25) is 0 Å². The van der Waals surface area contributed by atoms with E-state index < -0.39 is 0 Å². The molecule has 0 aromatic rings. The molecule has 0 aromatic carbocycles. The molecule has 0 aliphatic rings. The Morgan fingerprint density at radius 1 is 1.46 bits per heavy atom. The lowest BCUT2D eigenvalue weighted by Crippen LogP contribution is -2.08. The summed E-state index contributed by atoms with van der Waals surface area (Å²) < 4.78 is 0. The van der Waals surface area contributed by atoms with E-state index in [1.54, 1.807) is 0 Å². The Balaban J connectivity index is 3.95. The summed E-state index contributed by atoms with van der Waals surface area (Å²) in [5, 5.41) is 3.16. The van der Waals surface area contributed by atoms with Crippen molar-refractivity contribution in [3.63, 3.8) is 0 Å². The van der Waals surface area contributed by atoms with Crippen LogP contribution in [-0.4, -0.2) is 26.9 Å². The smallest absolute Gasteiger partial charge is 0.0277 e. The maximum absolute atomic E-state index is 3.97. The van der Waals surface area contributed by atoms with Gasteiger partial charge in [-0.2, -0.15) is 0 Å². The van der Waals surface area contributed by atoms with Gasteiger partial charge in [0.1, 0.15) is 0 Å². The lowest BCUT2D eigenvalue weighted by molar-refractivity contribution is 0.656. The van der Waals surface area contributed by atoms with Crippen molar-refractivity contribution in [2.24, 2.45) is 10.9 Å². The number of allylic oxidation sites excluding steroid dienone is 2.